The lowest BCUT2D eigenvalue weighted by molar-refractivity contribution is -0.141. The first-order valence-electron chi connectivity index (χ1n) is 10.3. The molecular formula is C24H28O5. The highest BCUT2D eigenvalue weighted by molar-refractivity contribution is 5.89. The number of aliphatic hydroxyl groups excluding tert-OH is 1. The average Bonchev–Trinajstić information content (AvgIpc) is 3.22. The first-order chi connectivity index (χ1) is 14.0. The van der Waals surface area contributed by atoms with Gasteiger partial charge in [0.05, 0.1) is 18.1 Å². The molecule has 2 unspecified atom stereocenters. The van der Waals surface area contributed by atoms with E-state index in [0.29, 0.717) is 24.8 Å². The first-order valence-corrected chi connectivity index (χ1v) is 10.3. The predicted molar refractivity (Wildman–Crippen MR) is 109 cm³/mol. The van der Waals surface area contributed by atoms with Gasteiger partial charge in [-0.15, -0.1) is 11.8 Å². The Hall–Kier alpha value is -2.58. The molecule has 6 atom stereocenters. The van der Waals surface area contributed by atoms with Crippen LogP contribution in [0.4, 0.5) is 0 Å². The molecular weight excluding hydrogens is 368 g/mol. The Morgan fingerprint density at radius 1 is 1.34 bits per heavy atom. The Labute approximate surface area is 172 Å². The van der Waals surface area contributed by atoms with Gasteiger partial charge in [-0.05, 0) is 18.1 Å². The van der Waals surface area contributed by atoms with Gasteiger partial charge in [-0.25, -0.2) is 4.79 Å². The number of hydrogen-bond acceptors (Lipinski definition) is 5. The van der Waals surface area contributed by atoms with Crippen LogP contribution in [0.3, 0.4) is 0 Å². The topological polar surface area (TPSA) is 72.8 Å². The molecule has 154 valence electrons. The lowest BCUT2D eigenvalue weighted by Gasteiger charge is -2.21. The summed E-state index contributed by atoms with van der Waals surface area (Å²) in [5.41, 5.74) is 0.493. The Morgan fingerprint density at radius 3 is 2.83 bits per heavy atom. The maximum Gasteiger partial charge on any atom is 0.338 e. The third-order valence-corrected chi connectivity index (χ3v) is 5.66. The number of rotatable bonds is 6. The molecule has 2 fully saturated rings. The second-order valence-corrected chi connectivity index (χ2v) is 7.78. The normalized spacial score (nSPS) is 27.6. The number of carbonyl (C=O) groups excluding carboxylic acids is 2. The van der Waals surface area contributed by atoms with Crippen LogP contribution in [-0.2, 0) is 14.3 Å². The molecule has 0 aromatic heterocycles. The largest absolute Gasteiger partial charge is 0.462 e. The summed E-state index contributed by atoms with van der Waals surface area (Å²) in [4.78, 5) is 24.2. The minimum atomic E-state index is -0.649. The summed E-state index contributed by atoms with van der Waals surface area (Å²) in [6, 6.07) is 8.85. The molecule has 29 heavy (non-hydrogen) atoms. The minimum Gasteiger partial charge on any atom is -0.462 e. The quantitative estimate of drug-likeness (QED) is 0.452. The van der Waals surface area contributed by atoms with Gasteiger partial charge in [0.1, 0.15) is 12.2 Å². The maximum atomic E-state index is 12.5. The van der Waals surface area contributed by atoms with Crippen LogP contribution in [0.15, 0.2) is 42.5 Å². The van der Waals surface area contributed by atoms with Gasteiger partial charge in [-0.1, -0.05) is 44.2 Å². The smallest absolute Gasteiger partial charge is 0.338 e. The van der Waals surface area contributed by atoms with E-state index in [9.17, 15) is 14.7 Å². The van der Waals surface area contributed by atoms with E-state index in [-0.39, 0.29) is 41.9 Å². The van der Waals surface area contributed by atoms with E-state index in [4.69, 9.17) is 9.47 Å². The van der Waals surface area contributed by atoms with E-state index < -0.39 is 6.10 Å². The molecule has 1 N–H and O–H groups in total. The first kappa shape index (κ1) is 21.1. The van der Waals surface area contributed by atoms with Crippen LogP contribution in [0.2, 0.25) is 0 Å². The number of hydrogen-bond donors (Lipinski definition) is 1. The van der Waals surface area contributed by atoms with Crippen LogP contribution in [-0.4, -0.2) is 35.4 Å². The summed E-state index contributed by atoms with van der Waals surface area (Å²) in [5.74, 6) is 5.28. The van der Waals surface area contributed by atoms with Gasteiger partial charge in [0.2, 0.25) is 0 Å². The lowest BCUT2D eigenvalue weighted by atomic mass is 9.90. The summed E-state index contributed by atoms with van der Waals surface area (Å²) >= 11 is 0. The molecule has 0 spiro atoms. The highest BCUT2D eigenvalue weighted by atomic mass is 16.6. The van der Waals surface area contributed by atoms with E-state index >= 15 is 0 Å². The average molecular weight is 396 g/mol. The molecule has 1 aliphatic carbocycles. The molecule has 0 bridgehead atoms. The van der Waals surface area contributed by atoms with Crippen molar-refractivity contribution in [2.24, 2.45) is 17.8 Å². The van der Waals surface area contributed by atoms with Gasteiger partial charge < -0.3 is 14.6 Å². The van der Waals surface area contributed by atoms with E-state index in [0.717, 1.165) is 6.42 Å². The van der Waals surface area contributed by atoms with Crippen molar-refractivity contribution in [3.63, 3.8) is 0 Å². The van der Waals surface area contributed by atoms with Gasteiger partial charge in [-0.3, -0.25) is 4.79 Å². The molecule has 5 nitrogen and oxygen atoms in total. The summed E-state index contributed by atoms with van der Waals surface area (Å²) in [6.07, 6.45) is 4.58. The van der Waals surface area contributed by atoms with Crippen molar-refractivity contribution in [3.8, 4) is 11.8 Å². The van der Waals surface area contributed by atoms with Crippen LogP contribution < -0.4 is 0 Å². The monoisotopic (exact) mass is 396 g/mol. The summed E-state index contributed by atoms with van der Waals surface area (Å²) in [7, 11) is 0. The van der Waals surface area contributed by atoms with Crippen molar-refractivity contribution in [2.45, 2.75) is 57.8 Å². The van der Waals surface area contributed by atoms with Gasteiger partial charge in [0, 0.05) is 31.1 Å². The standard InChI is InChI=1S/C24H28O5/c1-3-4-6-9-16(2)20(25)13-12-18-19-14-23(26)28-22(19)15-21(18)29-24(27)17-10-7-5-8-11-17/h5,7-8,10-13,16,18-22,25H,3,9,14-15H2,1-2H3/b13-12+/t16?,18-,19-,20?,21-,22+/m1/s1. The van der Waals surface area contributed by atoms with Crippen LogP contribution in [0.5, 0.6) is 0 Å². The van der Waals surface area contributed by atoms with Gasteiger partial charge >= 0.3 is 11.9 Å². The van der Waals surface area contributed by atoms with Gasteiger partial charge in [0.15, 0.2) is 0 Å². The molecule has 0 amide bonds. The highest BCUT2D eigenvalue weighted by Gasteiger charge is 2.50. The second kappa shape index (κ2) is 9.76. The summed E-state index contributed by atoms with van der Waals surface area (Å²) in [5, 5.41) is 10.5. The highest BCUT2D eigenvalue weighted by Crippen LogP contribution is 2.43. The Kier molecular flexibility index (Phi) is 7.11. The maximum absolute atomic E-state index is 12.5. The van der Waals surface area contributed by atoms with E-state index in [1.54, 1.807) is 30.3 Å². The summed E-state index contributed by atoms with van der Waals surface area (Å²) in [6.45, 7) is 3.94. The van der Waals surface area contributed by atoms with Crippen molar-refractivity contribution in [1.29, 1.82) is 0 Å². The Bertz CT molecular complexity index is 804. The van der Waals surface area contributed by atoms with Crippen LogP contribution in [0.25, 0.3) is 0 Å². The van der Waals surface area contributed by atoms with E-state index in [1.165, 1.54) is 0 Å². The van der Waals surface area contributed by atoms with Crippen LogP contribution in [0.1, 0.15) is 49.9 Å². The molecule has 1 aromatic rings. The molecule has 5 heteroatoms. The molecule has 1 aromatic carbocycles. The minimum absolute atomic E-state index is 0.00530. The zero-order valence-corrected chi connectivity index (χ0v) is 16.9. The fraction of sp³-hybridized carbons (Fsp3) is 0.500. The number of esters is 2. The predicted octanol–water partition coefficient (Wildman–Crippen LogP) is 3.52. The second-order valence-electron chi connectivity index (χ2n) is 7.78. The molecule has 1 saturated heterocycles. The van der Waals surface area contributed by atoms with Crippen LogP contribution in [0, 0.1) is 29.6 Å². The molecule has 1 aliphatic heterocycles. The van der Waals surface area contributed by atoms with Crippen molar-refractivity contribution in [1.82, 2.24) is 0 Å². The van der Waals surface area contributed by atoms with Crippen molar-refractivity contribution in [2.75, 3.05) is 0 Å². The molecule has 3 rings (SSSR count). The fourth-order valence-electron chi connectivity index (χ4n) is 3.98. The lowest BCUT2D eigenvalue weighted by Crippen LogP contribution is -2.25. The Balaban J connectivity index is 1.69. The SMILES string of the molecule is CCC#CCC(C)C(O)/C=C/[C@@H]1[C@H]2CC(=O)O[C@H]2C[C@H]1OC(=O)c1ccccc1. The molecule has 1 saturated carbocycles. The number of fused-ring (bicyclic) bond motifs is 1. The van der Waals surface area contributed by atoms with E-state index in [1.807, 2.05) is 26.0 Å². The molecule has 2 aliphatic rings. The summed E-state index contributed by atoms with van der Waals surface area (Å²) < 4.78 is 11.2. The molecule has 0 radical (unpaired) electrons. The van der Waals surface area contributed by atoms with Crippen molar-refractivity contribution < 1.29 is 24.2 Å². The van der Waals surface area contributed by atoms with Crippen LogP contribution >= 0.6 is 0 Å². The zero-order chi connectivity index (χ0) is 20.8. The number of benzene rings is 1. The Morgan fingerprint density at radius 2 is 2.10 bits per heavy atom. The number of ether oxygens (including phenoxy) is 2. The van der Waals surface area contributed by atoms with Crippen molar-refractivity contribution in [3.05, 3.63) is 48.0 Å². The zero-order valence-electron chi connectivity index (χ0n) is 16.9. The van der Waals surface area contributed by atoms with Gasteiger partial charge in [-0.2, -0.15) is 0 Å². The fourth-order valence-corrected chi connectivity index (χ4v) is 3.98. The van der Waals surface area contributed by atoms with E-state index in [2.05, 4.69) is 11.8 Å². The van der Waals surface area contributed by atoms with Crippen molar-refractivity contribution >= 4 is 11.9 Å². The molecule has 1 heterocycles. The van der Waals surface area contributed by atoms with Gasteiger partial charge in [0.25, 0.3) is 0 Å². The number of carbonyl (C=O) groups is 2. The third-order valence-electron chi connectivity index (χ3n) is 5.66. The number of aliphatic hydroxyl groups is 1. The third kappa shape index (κ3) is 5.27.